The van der Waals surface area contributed by atoms with Crippen LogP contribution in [0.25, 0.3) is 0 Å². The number of benzene rings is 1. The Morgan fingerprint density at radius 1 is 0.939 bits per heavy atom. The quantitative estimate of drug-likeness (QED) is 0.542. The van der Waals surface area contributed by atoms with E-state index in [-0.39, 0.29) is 18.3 Å². The first-order chi connectivity index (χ1) is 15.6. The molecule has 3 heterocycles. The summed E-state index contributed by atoms with van der Waals surface area (Å²) in [5.74, 6) is 1.20. The van der Waals surface area contributed by atoms with Gasteiger partial charge in [-0.25, -0.2) is 0 Å². The van der Waals surface area contributed by atoms with Crippen LogP contribution in [0.15, 0.2) is 36.4 Å². The van der Waals surface area contributed by atoms with Crippen LogP contribution in [0.5, 0.6) is 5.75 Å². The van der Waals surface area contributed by atoms with Crippen LogP contribution in [0.2, 0.25) is 4.34 Å². The predicted molar refractivity (Wildman–Crippen MR) is 138 cm³/mol. The number of methoxy groups -OCH3 is 1. The van der Waals surface area contributed by atoms with Crippen LogP contribution in [0.4, 0.5) is 0 Å². The van der Waals surface area contributed by atoms with Gasteiger partial charge in [-0.15, -0.1) is 23.7 Å². The van der Waals surface area contributed by atoms with Gasteiger partial charge in [0.1, 0.15) is 5.75 Å². The third-order valence-electron chi connectivity index (χ3n) is 6.44. The largest absolute Gasteiger partial charge is 0.496 e. The van der Waals surface area contributed by atoms with Gasteiger partial charge >= 0.3 is 0 Å². The second kappa shape index (κ2) is 12.9. The minimum atomic E-state index is 0. The van der Waals surface area contributed by atoms with Crippen LogP contribution in [-0.2, 0) is 17.8 Å². The van der Waals surface area contributed by atoms with Gasteiger partial charge in [-0.1, -0.05) is 29.8 Å². The Morgan fingerprint density at radius 2 is 1.61 bits per heavy atom. The number of hydrogen-bond acceptors (Lipinski definition) is 6. The summed E-state index contributed by atoms with van der Waals surface area (Å²) in [4.78, 5) is 23.4. The van der Waals surface area contributed by atoms with Gasteiger partial charge in [-0.3, -0.25) is 14.6 Å². The molecule has 0 spiro atoms. The normalized spacial score (nSPS) is 18.2. The highest BCUT2D eigenvalue weighted by atomic mass is 35.5. The number of halogens is 2. The Balaban J connectivity index is 0.00000306. The van der Waals surface area contributed by atoms with E-state index in [9.17, 15) is 4.79 Å². The Kier molecular flexibility index (Phi) is 10.3. The molecule has 2 fully saturated rings. The molecule has 6 nitrogen and oxygen atoms in total. The van der Waals surface area contributed by atoms with Gasteiger partial charge in [-0.05, 0) is 24.6 Å². The molecule has 0 aliphatic carbocycles. The summed E-state index contributed by atoms with van der Waals surface area (Å²) < 4.78 is 6.34. The summed E-state index contributed by atoms with van der Waals surface area (Å²) in [5, 5.41) is 0. The fourth-order valence-corrected chi connectivity index (χ4v) is 5.52. The van der Waals surface area contributed by atoms with Crippen molar-refractivity contribution in [3.8, 4) is 5.75 Å². The van der Waals surface area contributed by atoms with Crippen LogP contribution < -0.4 is 4.74 Å². The van der Waals surface area contributed by atoms with Crippen molar-refractivity contribution < 1.29 is 9.53 Å². The number of hydrogen-bond donors (Lipinski definition) is 0. The molecular formula is C24H34Cl2N4O2S. The predicted octanol–water partition coefficient (Wildman–Crippen LogP) is 3.34. The fourth-order valence-electron chi connectivity index (χ4n) is 4.45. The third-order valence-corrected chi connectivity index (χ3v) is 7.73. The summed E-state index contributed by atoms with van der Waals surface area (Å²) in [6, 6.07) is 12.3. The van der Waals surface area contributed by atoms with E-state index in [4.69, 9.17) is 16.3 Å². The van der Waals surface area contributed by atoms with Crippen LogP contribution in [-0.4, -0.2) is 98.1 Å². The van der Waals surface area contributed by atoms with E-state index in [2.05, 4.69) is 32.9 Å². The smallest absolute Gasteiger partial charge is 0.236 e. The maximum atomic E-state index is 12.8. The molecule has 2 aliphatic heterocycles. The topological polar surface area (TPSA) is 39.3 Å². The minimum Gasteiger partial charge on any atom is -0.496 e. The van der Waals surface area contributed by atoms with Crippen molar-refractivity contribution in [2.24, 2.45) is 0 Å². The van der Waals surface area contributed by atoms with Crippen molar-refractivity contribution in [1.29, 1.82) is 0 Å². The molecule has 9 heteroatoms. The van der Waals surface area contributed by atoms with Crippen molar-refractivity contribution >= 4 is 41.3 Å². The molecule has 33 heavy (non-hydrogen) atoms. The van der Waals surface area contributed by atoms with E-state index in [1.807, 2.05) is 23.1 Å². The number of para-hydroxylation sites is 1. The molecule has 0 atom stereocenters. The summed E-state index contributed by atoms with van der Waals surface area (Å²) in [6.45, 7) is 9.87. The first kappa shape index (κ1) is 26.3. The average Bonchev–Trinajstić information content (AvgIpc) is 3.24. The number of nitrogens with zero attached hydrogens (tertiary/aromatic N) is 4. The van der Waals surface area contributed by atoms with E-state index in [1.54, 1.807) is 18.4 Å². The molecule has 1 aromatic carbocycles. The summed E-state index contributed by atoms with van der Waals surface area (Å²) in [6.07, 6.45) is 1.05. The number of rotatable bonds is 8. The third kappa shape index (κ3) is 7.57. The van der Waals surface area contributed by atoms with E-state index < -0.39 is 0 Å². The van der Waals surface area contributed by atoms with Crippen molar-refractivity contribution in [3.63, 3.8) is 0 Å². The molecular weight excluding hydrogens is 479 g/mol. The van der Waals surface area contributed by atoms with E-state index in [0.29, 0.717) is 6.54 Å². The highest BCUT2D eigenvalue weighted by molar-refractivity contribution is 7.16. The lowest BCUT2D eigenvalue weighted by Gasteiger charge is -2.38. The van der Waals surface area contributed by atoms with Gasteiger partial charge in [-0.2, -0.15) is 0 Å². The first-order valence-corrected chi connectivity index (χ1v) is 12.6. The molecule has 4 rings (SSSR count). The molecule has 0 radical (unpaired) electrons. The monoisotopic (exact) mass is 512 g/mol. The number of amides is 1. The van der Waals surface area contributed by atoms with Gasteiger partial charge in [0.15, 0.2) is 0 Å². The molecule has 0 saturated carbocycles. The van der Waals surface area contributed by atoms with Crippen molar-refractivity contribution in [3.05, 3.63) is 51.2 Å². The van der Waals surface area contributed by atoms with E-state index in [0.717, 1.165) is 82.0 Å². The Hall–Kier alpha value is -1.35. The number of ether oxygens (including phenoxy) is 1. The molecule has 1 amide bonds. The van der Waals surface area contributed by atoms with Gasteiger partial charge < -0.3 is 14.5 Å². The van der Waals surface area contributed by atoms with Gasteiger partial charge in [0.2, 0.25) is 5.91 Å². The SMILES string of the molecule is COc1ccccc1CN1CCN(C(=O)CN2CCN(CCc3ccc(Cl)s3)CC2)CC1.Cl. The second-order valence-corrected chi connectivity index (χ2v) is 10.3. The molecule has 1 aromatic heterocycles. The number of thiophene rings is 1. The average molecular weight is 514 g/mol. The standard InChI is InChI=1S/C24H33ClN4O2S.ClH/c1-31-22-5-3-2-4-20(22)18-27-14-16-29(17-15-27)24(30)19-28-12-10-26(11-13-28)9-8-21-6-7-23(25)32-21;/h2-7H,8-19H2,1H3;1H. The van der Waals surface area contributed by atoms with E-state index in [1.165, 1.54) is 10.4 Å². The van der Waals surface area contributed by atoms with Crippen LogP contribution in [0, 0.1) is 0 Å². The molecule has 182 valence electrons. The second-order valence-electron chi connectivity index (χ2n) is 8.54. The number of carbonyl (C=O) groups is 1. The highest BCUT2D eigenvalue weighted by Gasteiger charge is 2.25. The molecule has 2 saturated heterocycles. The number of piperazine rings is 2. The molecule has 0 bridgehead atoms. The zero-order chi connectivity index (χ0) is 22.3. The van der Waals surface area contributed by atoms with Crippen molar-refractivity contribution in [2.75, 3.05) is 72.6 Å². The summed E-state index contributed by atoms with van der Waals surface area (Å²) in [5.41, 5.74) is 1.20. The highest BCUT2D eigenvalue weighted by Crippen LogP contribution is 2.22. The summed E-state index contributed by atoms with van der Waals surface area (Å²) >= 11 is 7.70. The molecule has 0 N–H and O–H groups in total. The lowest BCUT2D eigenvalue weighted by molar-refractivity contribution is -0.134. The first-order valence-electron chi connectivity index (χ1n) is 11.4. The zero-order valence-electron chi connectivity index (χ0n) is 19.2. The van der Waals surface area contributed by atoms with Crippen LogP contribution in [0.3, 0.4) is 0 Å². The molecule has 2 aliphatic rings. The van der Waals surface area contributed by atoms with Gasteiger partial charge in [0.05, 0.1) is 18.0 Å². The lowest BCUT2D eigenvalue weighted by atomic mass is 10.1. The summed E-state index contributed by atoms with van der Waals surface area (Å²) in [7, 11) is 1.72. The minimum absolute atomic E-state index is 0. The lowest BCUT2D eigenvalue weighted by Crippen LogP contribution is -2.53. The Labute approximate surface area is 212 Å². The fraction of sp³-hybridized carbons (Fsp3) is 0.542. The van der Waals surface area contributed by atoms with Gasteiger partial charge in [0.25, 0.3) is 0 Å². The zero-order valence-corrected chi connectivity index (χ0v) is 21.6. The van der Waals surface area contributed by atoms with Crippen molar-refractivity contribution in [2.45, 2.75) is 13.0 Å². The van der Waals surface area contributed by atoms with Gasteiger partial charge in [0, 0.05) is 75.9 Å². The molecule has 2 aromatic rings. The Morgan fingerprint density at radius 3 is 2.27 bits per heavy atom. The Bertz CT molecular complexity index is 881. The maximum Gasteiger partial charge on any atom is 0.236 e. The van der Waals surface area contributed by atoms with Crippen LogP contribution in [0.1, 0.15) is 10.4 Å². The number of carbonyl (C=O) groups excluding carboxylic acids is 1. The van der Waals surface area contributed by atoms with Crippen LogP contribution >= 0.6 is 35.3 Å². The maximum absolute atomic E-state index is 12.8. The van der Waals surface area contributed by atoms with Crippen molar-refractivity contribution in [1.82, 2.24) is 19.6 Å². The van der Waals surface area contributed by atoms with E-state index >= 15 is 0 Å². The molecule has 0 unspecified atom stereocenters.